The van der Waals surface area contributed by atoms with Gasteiger partial charge in [-0.15, -0.1) is 0 Å². The van der Waals surface area contributed by atoms with E-state index in [1.54, 1.807) is 0 Å². The molecular weight excluding hydrogens is 266 g/mol. The number of likely N-dealkylation sites (tertiary alicyclic amines) is 2. The van der Waals surface area contributed by atoms with Crippen molar-refractivity contribution in [3.8, 4) is 0 Å². The third-order valence-electron chi connectivity index (χ3n) is 5.10. The molecule has 120 valence electrons. The van der Waals surface area contributed by atoms with Crippen LogP contribution >= 0.6 is 0 Å². The Balaban J connectivity index is 1.48. The number of piperidine rings is 1. The number of carbonyl (C=O) groups is 1. The highest BCUT2D eigenvalue weighted by Crippen LogP contribution is 2.22. The molecule has 1 saturated carbocycles. The molecule has 0 aromatic rings. The van der Waals surface area contributed by atoms with Crippen molar-refractivity contribution in [2.45, 2.75) is 56.7 Å². The maximum Gasteiger partial charge on any atom is 0.324 e. The van der Waals surface area contributed by atoms with Crippen LogP contribution in [0.3, 0.4) is 0 Å². The molecule has 1 aliphatic carbocycles. The molecule has 0 radical (unpaired) electrons. The molecule has 2 atom stereocenters. The van der Waals surface area contributed by atoms with E-state index in [9.17, 15) is 4.79 Å². The minimum atomic E-state index is -0.150. The number of rotatable bonds is 6. The topological polar surface area (TPSA) is 44.8 Å². The number of ether oxygens (including phenoxy) is 1. The van der Waals surface area contributed by atoms with E-state index in [0.717, 1.165) is 19.6 Å². The molecule has 3 rings (SSSR count). The van der Waals surface area contributed by atoms with Crippen LogP contribution in [0.2, 0.25) is 0 Å². The van der Waals surface area contributed by atoms with E-state index < -0.39 is 0 Å². The maximum absolute atomic E-state index is 11.9. The predicted molar refractivity (Wildman–Crippen MR) is 82.2 cm³/mol. The van der Waals surface area contributed by atoms with Crippen molar-refractivity contribution in [1.29, 1.82) is 0 Å². The molecule has 5 nitrogen and oxygen atoms in total. The van der Waals surface area contributed by atoms with Crippen molar-refractivity contribution in [2.24, 2.45) is 0 Å². The molecule has 2 saturated heterocycles. The predicted octanol–water partition coefficient (Wildman–Crippen LogP) is 0.840. The normalized spacial score (nSPS) is 29.5. The number of nitrogens with one attached hydrogen (secondary N) is 1. The van der Waals surface area contributed by atoms with Gasteiger partial charge in [0.15, 0.2) is 0 Å². The summed E-state index contributed by atoms with van der Waals surface area (Å²) in [6.45, 7) is 5.55. The first-order chi connectivity index (χ1) is 10.3. The molecule has 0 aromatic heterocycles. The highest BCUT2D eigenvalue weighted by Gasteiger charge is 2.34. The van der Waals surface area contributed by atoms with Crippen LogP contribution in [0.15, 0.2) is 0 Å². The summed E-state index contributed by atoms with van der Waals surface area (Å²) < 4.78 is 4.96. The summed E-state index contributed by atoms with van der Waals surface area (Å²) in [4.78, 5) is 17.0. The fourth-order valence-electron chi connectivity index (χ4n) is 3.69. The van der Waals surface area contributed by atoms with Crippen LogP contribution in [0.25, 0.3) is 0 Å². The monoisotopic (exact) mass is 295 g/mol. The van der Waals surface area contributed by atoms with Crippen LogP contribution in [-0.4, -0.2) is 73.7 Å². The summed E-state index contributed by atoms with van der Waals surface area (Å²) in [6, 6.07) is 1.08. The Hall–Kier alpha value is -0.650. The Morgan fingerprint density at radius 3 is 2.62 bits per heavy atom. The molecule has 1 N–H and O–H groups in total. The third-order valence-corrected chi connectivity index (χ3v) is 5.10. The van der Waals surface area contributed by atoms with Crippen LogP contribution in [0.5, 0.6) is 0 Å². The molecule has 21 heavy (non-hydrogen) atoms. The van der Waals surface area contributed by atoms with Gasteiger partial charge in [-0.1, -0.05) is 6.42 Å². The van der Waals surface area contributed by atoms with Crippen molar-refractivity contribution in [1.82, 2.24) is 15.1 Å². The summed E-state index contributed by atoms with van der Waals surface area (Å²) >= 11 is 0. The van der Waals surface area contributed by atoms with Crippen LogP contribution in [0.1, 0.15) is 38.5 Å². The highest BCUT2D eigenvalue weighted by atomic mass is 16.5. The first-order valence-electron chi connectivity index (χ1n) is 8.56. The zero-order chi connectivity index (χ0) is 14.7. The van der Waals surface area contributed by atoms with Gasteiger partial charge in [-0.3, -0.25) is 14.6 Å². The van der Waals surface area contributed by atoms with E-state index in [2.05, 4.69) is 15.1 Å². The quantitative estimate of drug-likeness (QED) is 0.736. The second kappa shape index (κ2) is 7.07. The molecular formula is C16H29N3O2. The summed E-state index contributed by atoms with van der Waals surface area (Å²) in [5, 5.41) is 3.43. The summed E-state index contributed by atoms with van der Waals surface area (Å²) in [6.07, 6.45) is 7.74. The SMILES string of the molecule is COC(=O)C(CN1CCC(N2CCCCC2)C1)NC1CC1. The number of methoxy groups -OCH3 is 1. The molecule has 0 aromatic carbocycles. The smallest absolute Gasteiger partial charge is 0.324 e. The number of nitrogens with zero attached hydrogens (tertiary/aromatic N) is 2. The van der Waals surface area contributed by atoms with Crippen molar-refractivity contribution < 1.29 is 9.53 Å². The second-order valence-electron chi connectivity index (χ2n) is 6.82. The lowest BCUT2D eigenvalue weighted by molar-refractivity contribution is -0.143. The lowest BCUT2D eigenvalue weighted by Crippen LogP contribution is -2.48. The molecule has 5 heteroatoms. The molecule has 2 heterocycles. The minimum Gasteiger partial charge on any atom is -0.468 e. The van der Waals surface area contributed by atoms with Gasteiger partial charge >= 0.3 is 5.97 Å². The molecule has 0 bridgehead atoms. The summed E-state index contributed by atoms with van der Waals surface area (Å²) in [5.74, 6) is -0.108. The minimum absolute atomic E-state index is 0.108. The van der Waals surface area contributed by atoms with Gasteiger partial charge in [0.1, 0.15) is 6.04 Å². The van der Waals surface area contributed by atoms with Crippen molar-refractivity contribution in [3.63, 3.8) is 0 Å². The number of carbonyl (C=O) groups excluding carboxylic acids is 1. The highest BCUT2D eigenvalue weighted by molar-refractivity contribution is 5.76. The molecule has 3 aliphatic rings. The van der Waals surface area contributed by atoms with Gasteiger partial charge in [-0.05, 0) is 51.7 Å². The standard InChI is InChI=1S/C16H29N3O2/c1-21-16(20)15(17-13-5-6-13)12-18-10-7-14(11-18)19-8-3-2-4-9-19/h13-15,17H,2-12H2,1H3. The van der Waals surface area contributed by atoms with Crippen LogP contribution in [-0.2, 0) is 9.53 Å². The van der Waals surface area contributed by atoms with E-state index in [-0.39, 0.29) is 12.0 Å². The Labute approximate surface area is 128 Å². The first kappa shape index (κ1) is 15.3. The zero-order valence-electron chi connectivity index (χ0n) is 13.2. The first-order valence-corrected chi connectivity index (χ1v) is 8.56. The molecule has 2 aliphatic heterocycles. The van der Waals surface area contributed by atoms with Crippen molar-refractivity contribution in [2.75, 3.05) is 39.8 Å². The largest absolute Gasteiger partial charge is 0.468 e. The van der Waals surface area contributed by atoms with Crippen molar-refractivity contribution >= 4 is 5.97 Å². The maximum atomic E-state index is 11.9. The molecule has 0 amide bonds. The van der Waals surface area contributed by atoms with Gasteiger partial charge < -0.3 is 10.1 Å². The van der Waals surface area contributed by atoms with E-state index in [4.69, 9.17) is 4.74 Å². The van der Waals surface area contributed by atoms with Crippen LogP contribution < -0.4 is 5.32 Å². The second-order valence-corrected chi connectivity index (χ2v) is 6.82. The third kappa shape index (κ3) is 4.18. The summed E-state index contributed by atoms with van der Waals surface area (Å²) in [5.41, 5.74) is 0. The van der Waals surface area contributed by atoms with Gasteiger partial charge in [-0.2, -0.15) is 0 Å². The number of hydrogen-bond acceptors (Lipinski definition) is 5. The number of hydrogen-bond donors (Lipinski definition) is 1. The molecule has 3 fully saturated rings. The van der Waals surface area contributed by atoms with Crippen LogP contribution in [0.4, 0.5) is 0 Å². The van der Waals surface area contributed by atoms with Gasteiger partial charge in [0.05, 0.1) is 7.11 Å². The lowest BCUT2D eigenvalue weighted by Gasteiger charge is -2.32. The van der Waals surface area contributed by atoms with Crippen molar-refractivity contribution in [3.05, 3.63) is 0 Å². The van der Waals surface area contributed by atoms with Gasteiger partial charge in [-0.25, -0.2) is 0 Å². The average molecular weight is 295 g/mol. The number of esters is 1. The Bertz CT molecular complexity index is 353. The molecule has 2 unspecified atom stereocenters. The summed E-state index contributed by atoms with van der Waals surface area (Å²) in [7, 11) is 1.49. The molecule has 0 spiro atoms. The lowest BCUT2D eigenvalue weighted by atomic mass is 10.1. The Kier molecular flexibility index (Phi) is 5.14. The van der Waals surface area contributed by atoms with Crippen LogP contribution in [0, 0.1) is 0 Å². The van der Waals surface area contributed by atoms with Gasteiger partial charge in [0, 0.05) is 25.2 Å². The Morgan fingerprint density at radius 2 is 1.95 bits per heavy atom. The van der Waals surface area contributed by atoms with E-state index in [0.29, 0.717) is 12.1 Å². The van der Waals surface area contributed by atoms with E-state index in [1.165, 1.54) is 58.7 Å². The van der Waals surface area contributed by atoms with E-state index in [1.807, 2.05) is 0 Å². The average Bonchev–Trinajstić information content (AvgIpc) is 3.22. The fourth-order valence-corrected chi connectivity index (χ4v) is 3.69. The van der Waals surface area contributed by atoms with Gasteiger partial charge in [0.2, 0.25) is 0 Å². The fraction of sp³-hybridized carbons (Fsp3) is 0.938. The van der Waals surface area contributed by atoms with Gasteiger partial charge in [0.25, 0.3) is 0 Å². The van der Waals surface area contributed by atoms with E-state index >= 15 is 0 Å². The zero-order valence-corrected chi connectivity index (χ0v) is 13.2. The Morgan fingerprint density at radius 1 is 1.19 bits per heavy atom.